The van der Waals surface area contributed by atoms with Crippen LogP contribution in [0.25, 0.3) is 0 Å². The number of carbonyl (C=O) groups excluding carboxylic acids is 1. The molecule has 1 heterocycles. The summed E-state index contributed by atoms with van der Waals surface area (Å²) in [7, 11) is 0. The summed E-state index contributed by atoms with van der Waals surface area (Å²) in [6.07, 6.45) is 0.849. The molecule has 1 fully saturated rings. The van der Waals surface area contributed by atoms with Crippen LogP contribution in [0, 0.1) is 0 Å². The van der Waals surface area contributed by atoms with E-state index in [9.17, 15) is 9.90 Å². The van der Waals surface area contributed by atoms with Gasteiger partial charge in [-0.2, -0.15) is 0 Å². The maximum Gasteiger partial charge on any atom is 0.255 e. The first-order valence-corrected chi connectivity index (χ1v) is 8.76. The van der Waals surface area contributed by atoms with Crippen molar-refractivity contribution in [2.75, 3.05) is 13.1 Å². The zero-order chi connectivity index (χ0) is 17.3. The van der Waals surface area contributed by atoms with E-state index in [1.54, 1.807) is 29.2 Å². The highest BCUT2D eigenvalue weighted by Gasteiger charge is 2.37. The summed E-state index contributed by atoms with van der Waals surface area (Å²) >= 11 is 18.2. The molecule has 2 aromatic carbocycles. The Labute approximate surface area is 155 Å². The normalized spacial score (nSPS) is 16.9. The van der Waals surface area contributed by atoms with Crippen LogP contribution in [0.1, 0.15) is 28.8 Å². The minimum absolute atomic E-state index is 0.155. The van der Waals surface area contributed by atoms with Crippen LogP contribution in [-0.2, 0) is 5.60 Å². The second-order valence-corrected chi connectivity index (χ2v) is 7.18. The van der Waals surface area contributed by atoms with Crippen molar-refractivity contribution in [2.24, 2.45) is 0 Å². The Morgan fingerprint density at radius 1 is 1.00 bits per heavy atom. The van der Waals surface area contributed by atoms with Gasteiger partial charge in [-0.15, -0.1) is 0 Å². The molecule has 1 aliphatic heterocycles. The van der Waals surface area contributed by atoms with E-state index in [1.165, 1.54) is 0 Å². The maximum atomic E-state index is 12.6. The van der Waals surface area contributed by atoms with E-state index in [0.29, 0.717) is 52.1 Å². The molecule has 1 saturated heterocycles. The van der Waals surface area contributed by atoms with Crippen LogP contribution in [0.4, 0.5) is 0 Å². The van der Waals surface area contributed by atoms with Crippen molar-refractivity contribution >= 4 is 40.7 Å². The number of aliphatic hydroxyl groups is 1. The number of amides is 1. The molecule has 1 N–H and O–H groups in total. The summed E-state index contributed by atoms with van der Waals surface area (Å²) in [6.45, 7) is 0.860. The fourth-order valence-corrected chi connectivity index (χ4v) is 3.82. The molecule has 0 atom stereocenters. The van der Waals surface area contributed by atoms with Crippen molar-refractivity contribution in [1.82, 2.24) is 4.90 Å². The maximum absolute atomic E-state index is 12.6. The van der Waals surface area contributed by atoms with Gasteiger partial charge in [0, 0.05) is 28.7 Å². The first-order chi connectivity index (χ1) is 11.4. The first kappa shape index (κ1) is 17.6. The second kappa shape index (κ2) is 6.93. The Bertz CT molecular complexity index is 771. The van der Waals surface area contributed by atoms with Gasteiger partial charge in [-0.05, 0) is 37.1 Å². The van der Waals surface area contributed by atoms with Crippen LogP contribution < -0.4 is 0 Å². The fourth-order valence-electron chi connectivity index (χ4n) is 3.02. The third-order valence-electron chi connectivity index (χ3n) is 4.41. The number of carbonyl (C=O) groups is 1. The molecule has 0 unspecified atom stereocenters. The second-order valence-electron chi connectivity index (χ2n) is 5.93. The Morgan fingerprint density at radius 3 is 2.29 bits per heavy atom. The molecule has 0 aliphatic carbocycles. The summed E-state index contributed by atoms with van der Waals surface area (Å²) in [5.74, 6) is -0.155. The Kier molecular flexibility index (Phi) is 5.07. The third kappa shape index (κ3) is 3.40. The van der Waals surface area contributed by atoms with E-state index in [4.69, 9.17) is 34.8 Å². The predicted molar refractivity (Wildman–Crippen MR) is 96.9 cm³/mol. The van der Waals surface area contributed by atoms with Crippen molar-refractivity contribution in [3.63, 3.8) is 0 Å². The molecule has 0 spiro atoms. The molecule has 0 radical (unpaired) electrons. The largest absolute Gasteiger partial charge is 0.385 e. The Balaban J connectivity index is 1.75. The molecule has 0 saturated carbocycles. The number of nitrogens with zero attached hydrogens (tertiary/aromatic N) is 1. The smallest absolute Gasteiger partial charge is 0.255 e. The molecule has 6 heteroatoms. The Morgan fingerprint density at radius 2 is 1.67 bits per heavy atom. The van der Waals surface area contributed by atoms with Gasteiger partial charge in [-0.3, -0.25) is 4.79 Å². The minimum Gasteiger partial charge on any atom is -0.385 e. The van der Waals surface area contributed by atoms with Crippen LogP contribution >= 0.6 is 34.8 Å². The van der Waals surface area contributed by atoms with Gasteiger partial charge in [0.2, 0.25) is 0 Å². The van der Waals surface area contributed by atoms with Crippen molar-refractivity contribution in [3.8, 4) is 0 Å². The quantitative estimate of drug-likeness (QED) is 0.810. The standard InChI is InChI=1S/C18H16Cl3NO2/c19-12-5-6-13(16(21)11-12)17(23)22-9-7-18(24,8-10-22)14-3-1-2-4-15(14)20/h1-6,11,24H,7-10H2. The zero-order valence-corrected chi connectivity index (χ0v) is 15.1. The van der Waals surface area contributed by atoms with Gasteiger partial charge in [-0.25, -0.2) is 0 Å². The van der Waals surface area contributed by atoms with Crippen LogP contribution in [0.15, 0.2) is 42.5 Å². The Hall–Kier alpha value is -1.26. The van der Waals surface area contributed by atoms with Crippen molar-refractivity contribution < 1.29 is 9.90 Å². The number of halogens is 3. The average molecular weight is 385 g/mol. The van der Waals surface area contributed by atoms with Crippen molar-refractivity contribution in [1.29, 1.82) is 0 Å². The van der Waals surface area contributed by atoms with E-state index in [0.717, 1.165) is 0 Å². The van der Waals surface area contributed by atoms with E-state index < -0.39 is 5.60 Å². The molecule has 24 heavy (non-hydrogen) atoms. The number of likely N-dealkylation sites (tertiary alicyclic amines) is 1. The van der Waals surface area contributed by atoms with Gasteiger partial charge >= 0.3 is 0 Å². The fraction of sp³-hybridized carbons (Fsp3) is 0.278. The molecule has 1 aliphatic rings. The van der Waals surface area contributed by atoms with Crippen LogP contribution in [-0.4, -0.2) is 29.0 Å². The van der Waals surface area contributed by atoms with E-state index in [-0.39, 0.29) is 5.91 Å². The van der Waals surface area contributed by atoms with E-state index in [2.05, 4.69) is 0 Å². The number of hydrogen-bond acceptors (Lipinski definition) is 2. The van der Waals surface area contributed by atoms with Gasteiger partial charge < -0.3 is 10.0 Å². The molecule has 0 aromatic heterocycles. The minimum atomic E-state index is -1.01. The van der Waals surface area contributed by atoms with Gasteiger partial charge in [0.05, 0.1) is 16.2 Å². The number of hydrogen-bond donors (Lipinski definition) is 1. The predicted octanol–water partition coefficient (Wildman–Crippen LogP) is 4.77. The molecule has 0 bridgehead atoms. The molecule has 1 amide bonds. The third-order valence-corrected chi connectivity index (χ3v) is 5.29. The summed E-state index contributed by atoms with van der Waals surface area (Å²) in [5.41, 5.74) is 0.117. The molecule has 3 rings (SSSR count). The SMILES string of the molecule is O=C(c1ccc(Cl)cc1Cl)N1CCC(O)(c2ccccc2Cl)CC1. The number of benzene rings is 2. The van der Waals surface area contributed by atoms with E-state index >= 15 is 0 Å². The highest BCUT2D eigenvalue weighted by molar-refractivity contribution is 6.36. The first-order valence-electron chi connectivity index (χ1n) is 7.62. The molecular weight excluding hydrogens is 369 g/mol. The summed E-state index contributed by atoms with van der Waals surface area (Å²) in [4.78, 5) is 14.3. The molecular formula is C18H16Cl3NO2. The van der Waals surface area contributed by atoms with Gasteiger partial charge in [0.15, 0.2) is 0 Å². The van der Waals surface area contributed by atoms with Crippen LogP contribution in [0.2, 0.25) is 15.1 Å². The van der Waals surface area contributed by atoms with Gasteiger partial charge in [-0.1, -0.05) is 53.0 Å². The monoisotopic (exact) mass is 383 g/mol. The lowest BCUT2D eigenvalue weighted by molar-refractivity contribution is -0.0210. The number of rotatable bonds is 2. The number of piperidine rings is 1. The zero-order valence-electron chi connectivity index (χ0n) is 12.8. The summed E-state index contributed by atoms with van der Waals surface area (Å²) in [5, 5.41) is 12.3. The van der Waals surface area contributed by atoms with Crippen molar-refractivity contribution in [3.05, 3.63) is 68.7 Å². The van der Waals surface area contributed by atoms with Crippen LogP contribution in [0.5, 0.6) is 0 Å². The highest BCUT2D eigenvalue weighted by Crippen LogP contribution is 2.37. The lowest BCUT2D eigenvalue weighted by atomic mass is 9.84. The lowest BCUT2D eigenvalue weighted by Gasteiger charge is -2.39. The molecule has 126 valence electrons. The van der Waals surface area contributed by atoms with Crippen molar-refractivity contribution in [2.45, 2.75) is 18.4 Å². The van der Waals surface area contributed by atoms with Crippen LogP contribution in [0.3, 0.4) is 0 Å². The van der Waals surface area contributed by atoms with E-state index in [1.807, 2.05) is 18.2 Å². The average Bonchev–Trinajstić information content (AvgIpc) is 2.55. The summed E-state index contributed by atoms with van der Waals surface area (Å²) in [6, 6.07) is 12.1. The van der Waals surface area contributed by atoms with Gasteiger partial charge in [0.25, 0.3) is 5.91 Å². The molecule has 2 aromatic rings. The molecule has 3 nitrogen and oxygen atoms in total. The lowest BCUT2D eigenvalue weighted by Crippen LogP contribution is -2.45. The summed E-state index contributed by atoms with van der Waals surface area (Å²) < 4.78 is 0. The topological polar surface area (TPSA) is 40.5 Å². The van der Waals surface area contributed by atoms with Gasteiger partial charge in [0.1, 0.15) is 0 Å². The highest BCUT2D eigenvalue weighted by atomic mass is 35.5.